The SMILES string of the molecule is C=CCOC(=O)c1sc(N2C(=O)C(=O)C(=C(O)c3ccc(OCc4ccccc4)c(C)c3)C2c2ccc(O)c(OC)c2)nc1C. The third-order valence-electron chi connectivity index (χ3n) is 7.16. The average Bonchev–Trinajstić information content (AvgIpc) is 3.55. The van der Waals surface area contributed by atoms with Gasteiger partial charge in [0.1, 0.15) is 29.6 Å². The van der Waals surface area contributed by atoms with Crippen LogP contribution in [0.25, 0.3) is 5.76 Å². The number of ether oxygens (including phenoxy) is 3. The van der Waals surface area contributed by atoms with Crippen LogP contribution in [0.4, 0.5) is 5.13 Å². The van der Waals surface area contributed by atoms with Crippen LogP contribution in [0.2, 0.25) is 0 Å². The van der Waals surface area contributed by atoms with Gasteiger partial charge in [-0.15, -0.1) is 0 Å². The van der Waals surface area contributed by atoms with Crippen molar-refractivity contribution in [2.45, 2.75) is 26.5 Å². The van der Waals surface area contributed by atoms with Gasteiger partial charge in [-0.2, -0.15) is 0 Å². The number of esters is 1. The number of aromatic hydroxyl groups is 1. The second kappa shape index (κ2) is 13.1. The van der Waals surface area contributed by atoms with E-state index in [1.807, 2.05) is 37.3 Å². The standard InChI is InChI=1S/C34H30N2O8S/c1-5-15-43-33(41)31-20(3)35-34(45-31)36-28(22-11-13-24(37)26(17-22)42-4)27(30(39)32(36)40)29(38)23-12-14-25(19(2)16-23)44-18-21-9-7-6-8-10-21/h5-14,16-17,28,37-38H,1,15,18H2,2-4H3. The number of carbonyl (C=O) groups excluding carboxylic acids is 3. The number of aromatic nitrogens is 1. The van der Waals surface area contributed by atoms with Gasteiger partial charge in [-0.1, -0.05) is 60.4 Å². The molecule has 5 rings (SSSR count). The van der Waals surface area contributed by atoms with Gasteiger partial charge < -0.3 is 24.4 Å². The minimum Gasteiger partial charge on any atom is -0.507 e. The highest BCUT2D eigenvalue weighted by atomic mass is 32.1. The molecule has 0 aliphatic carbocycles. The van der Waals surface area contributed by atoms with Crippen LogP contribution in [0.15, 0.2) is 85.0 Å². The molecule has 1 aliphatic heterocycles. The van der Waals surface area contributed by atoms with Gasteiger partial charge in [-0.05, 0) is 60.9 Å². The number of phenolic OH excluding ortho intramolecular Hbond substituents is 1. The number of aliphatic hydroxyl groups excluding tert-OH is 1. The number of methoxy groups -OCH3 is 1. The van der Waals surface area contributed by atoms with Crippen molar-refractivity contribution in [3.63, 3.8) is 0 Å². The summed E-state index contributed by atoms with van der Waals surface area (Å²) in [4.78, 5) is 45.6. The molecule has 2 N–H and O–H groups in total. The number of aliphatic hydroxyl groups is 1. The second-order valence-electron chi connectivity index (χ2n) is 10.2. The van der Waals surface area contributed by atoms with Crippen LogP contribution in [0.1, 0.15) is 43.7 Å². The zero-order valence-electron chi connectivity index (χ0n) is 24.8. The lowest BCUT2D eigenvalue weighted by molar-refractivity contribution is -0.132. The van der Waals surface area contributed by atoms with Crippen molar-refractivity contribution in [3.05, 3.63) is 118 Å². The second-order valence-corrected chi connectivity index (χ2v) is 11.1. The Balaban J connectivity index is 1.59. The Bertz CT molecular complexity index is 1830. The average molecular weight is 627 g/mol. The largest absolute Gasteiger partial charge is 0.507 e. The molecule has 0 saturated carbocycles. The Kier molecular flexibility index (Phi) is 9.01. The third-order valence-corrected chi connectivity index (χ3v) is 8.30. The number of benzene rings is 3. The zero-order chi connectivity index (χ0) is 32.2. The van der Waals surface area contributed by atoms with E-state index < -0.39 is 29.5 Å². The number of Topliss-reactive ketones (excluding diaryl/α,β-unsaturated/α-hetero) is 1. The summed E-state index contributed by atoms with van der Waals surface area (Å²) >= 11 is 0.882. The van der Waals surface area contributed by atoms with Crippen LogP contribution in [0.3, 0.4) is 0 Å². The van der Waals surface area contributed by atoms with E-state index in [0.29, 0.717) is 29.2 Å². The van der Waals surface area contributed by atoms with Crippen LogP contribution in [0.5, 0.6) is 17.2 Å². The summed E-state index contributed by atoms with van der Waals surface area (Å²) in [5, 5.41) is 21.9. The molecule has 3 aromatic carbocycles. The zero-order valence-corrected chi connectivity index (χ0v) is 25.6. The van der Waals surface area contributed by atoms with Crippen molar-refractivity contribution in [1.29, 1.82) is 0 Å². The lowest BCUT2D eigenvalue weighted by Crippen LogP contribution is -2.29. The summed E-state index contributed by atoms with van der Waals surface area (Å²) in [5.74, 6) is -2.44. The van der Waals surface area contributed by atoms with Crippen molar-refractivity contribution in [2.75, 3.05) is 18.6 Å². The summed E-state index contributed by atoms with van der Waals surface area (Å²) in [6.07, 6.45) is 1.43. The maximum Gasteiger partial charge on any atom is 0.350 e. The van der Waals surface area contributed by atoms with E-state index in [2.05, 4.69) is 11.6 Å². The Labute approximate surface area is 263 Å². The number of thiazole rings is 1. The van der Waals surface area contributed by atoms with Gasteiger partial charge >= 0.3 is 11.9 Å². The van der Waals surface area contributed by atoms with Gasteiger partial charge in [0, 0.05) is 5.56 Å². The molecule has 2 heterocycles. The molecular formula is C34H30N2O8S. The molecule has 0 bridgehead atoms. The molecular weight excluding hydrogens is 596 g/mol. The number of hydrogen-bond acceptors (Lipinski definition) is 10. The number of amides is 1. The summed E-state index contributed by atoms with van der Waals surface area (Å²) in [7, 11) is 1.37. The van der Waals surface area contributed by atoms with E-state index >= 15 is 0 Å². The van der Waals surface area contributed by atoms with Crippen molar-refractivity contribution in [3.8, 4) is 17.2 Å². The summed E-state index contributed by atoms with van der Waals surface area (Å²) in [6, 6.07) is 17.8. The first-order valence-corrected chi connectivity index (χ1v) is 14.7. The fourth-order valence-electron chi connectivity index (χ4n) is 4.93. The van der Waals surface area contributed by atoms with Crippen LogP contribution >= 0.6 is 11.3 Å². The number of carbonyl (C=O) groups is 3. The number of ketones is 1. The first-order chi connectivity index (χ1) is 21.6. The molecule has 1 amide bonds. The highest BCUT2D eigenvalue weighted by molar-refractivity contribution is 7.17. The number of aryl methyl sites for hydroxylation is 2. The predicted octanol–water partition coefficient (Wildman–Crippen LogP) is 6.02. The minimum absolute atomic E-state index is 0.0151. The molecule has 0 spiro atoms. The van der Waals surface area contributed by atoms with Gasteiger partial charge in [-0.25, -0.2) is 9.78 Å². The molecule has 230 valence electrons. The van der Waals surface area contributed by atoms with E-state index in [-0.39, 0.29) is 39.3 Å². The Hall–Kier alpha value is -5.42. The quantitative estimate of drug-likeness (QED) is 0.0712. The smallest absolute Gasteiger partial charge is 0.350 e. The molecule has 4 aromatic rings. The Morgan fingerprint density at radius 3 is 2.51 bits per heavy atom. The maximum atomic E-state index is 13.6. The van der Waals surface area contributed by atoms with Crippen molar-refractivity contribution < 1.29 is 38.8 Å². The topological polar surface area (TPSA) is 135 Å². The molecule has 45 heavy (non-hydrogen) atoms. The van der Waals surface area contributed by atoms with E-state index in [4.69, 9.17) is 14.2 Å². The maximum absolute atomic E-state index is 13.6. The molecule has 1 atom stereocenters. The van der Waals surface area contributed by atoms with Crippen LogP contribution in [0, 0.1) is 13.8 Å². The number of nitrogens with zero attached hydrogens (tertiary/aromatic N) is 2. The number of rotatable bonds is 10. The molecule has 1 aliphatic rings. The summed E-state index contributed by atoms with van der Waals surface area (Å²) in [5.41, 5.74) is 2.43. The lowest BCUT2D eigenvalue weighted by atomic mass is 9.94. The van der Waals surface area contributed by atoms with Crippen LogP contribution in [-0.4, -0.2) is 46.6 Å². The van der Waals surface area contributed by atoms with Crippen molar-refractivity contribution >= 4 is 39.9 Å². The highest BCUT2D eigenvalue weighted by Crippen LogP contribution is 2.45. The van der Waals surface area contributed by atoms with Gasteiger partial charge in [0.05, 0.1) is 24.4 Å². The fourth-order valence-corrected chi connectivity index (χ4v) is 5.92. The first-order valence-electron chi connectivity index (χ1n) is 13.9. The first kappa shape index (κ1) is 31.0. The molecule has 0 radical (unpaired) electrons. The summed E-state index contributed by atoms with van der Waals surface area (Å²) in [6.45, 7) is 7.26. The summed E-state index contributed by atoms with van der Waals surface area (Å²) < 4.78 is 16.4. The van der Waals surface area contributed by atoms with Crippen molar-refractivity contribution in [1.82, 2.24) is 4.98 Å². The highest BCUT2D eigenvalue weighted by Gasteiger charge is 2.48. The van der Waals surface area contributed by atoms with E-state index in [9.17, 15) is 24.6 Å². The molecule has 1 unspecified atom stereocenters. The number of phenols is 1. The van der Waals surface area contributed by atoms with E-state index in [0.717, 1.165) is 21.8 Å². The van der Waals surface area contributed by atoms with Crippen LogP contribution in [-0.2, 0) is 20.9 Å². The molecule has 1 saturated heterocycles. The Morgan fingerprint density at radius 1 is 1.07 bits per heavy atom. The number of hydrogen-bond donors (Lipinski definition) is 2. The van der Waals surface area contributed by atoms with Gasteiger partial charge in [0.15, 0.2) is 16.6 Å². The molecule has 10 nitrogen and oxygen atoms in total. The van der Waals surface area contributed by atoms with Crippen molar-refractivity contribution in [2.24, 2.45) is 0 Å². The molecule has 1 fully saturated rings. The Morgan fingerprint density at radius 2 is 1.82 bits per heavy atom. The van der Waals surface area contributed by atoms with Gasteiger partial charge in [0.25, 0.3) is 5.78 Å². The lowest BCUT2D eigenvalue weighted by Gasteiger charge is -2.23. The monoisotopic (exact) mass is 626 g/mol. The fraction of sp³-hybridized carbons (Fsp3) is 0.176. The minimum atomic E-state index is -1.17. The predicted molar refractivity (Wildman–Crippen MR) is 169 cm³/mol. The van der Waals surface area contributed by atoms with E-state index in [1.165, 1.54) is 31.4 Å². The van der Waals surface area contributed by atoms with Crippen LogP contribution < -0.4 is 14.4 Å². The molecule has 1 aromatic heterocycles. The number of anilines is 1. The molecule has 11 heteroatoms. The third kappa shape index (κ3) is 6.16. The van der Waals surface area contributed by atoms with Gasteiger partial charge in [0.2, 0.25) is 0 Å². The normalized spacial score (nSPS) is 15.6. The van der Waals surface area contributed by atoms with E-state index in [1.54, 1.807) is 25.1 Å². The van der Waals surface area contributed by atoms with Gasteiger partial charge in [-0.3, -0.25) is 14.5 Å².